The van der Waals surface area contributed by atoms with E-state index < -0.39 is 0 Å². The molecule has 0 radical (unpaired) electrons. The fourth-order valence-electron chi connectivity index (χ4n) is 2.23. The second-order valence-electron chi connectivity index (χ2n) is 4.66. The molecule has 0 bridgehead atoms. The molecule has 1 aromatic rings. The van der Waals surface area contributed by atoms with Gasteiger partial charge in [-0.1, -0.05) is 6.07 Å². The van der Waals surface area contributed by atoms with Crippen LogP contribution in [-0.2, 0) is 4.79 Å². The number of nitrogen functional groups attached to an aromatic ring is 1. The molecule has 1 aliphatic rings. The van der Waals surface area contributed by atoms with E-state index in [0.717, 1.165) is 5.56 Å². The molecule has 2 rings (SSSR count). The number of carbonyl (C=O) groups is 2. The van der Waals surface area contributed by atoms with E-state index in [0.29, 0.717) is 30.8 Å². The lowest BCUT2D eigenvalue weighted by molar-refractivity contribution is -0.121. The first kappa shape index (κ1) is 12.4. The maximum absolute atomic E-state index is 12.3. The van der Waals surface area contributed by atoms with Crippen molar-refractivity contribution in [2.24, 2.45) is 11.7 Å². The van der Waals surface area contributed by atoms with Crippen LogP contribution in [0.4, 0.5) is 5.69 Å². The molecule has 5 nitrogen and oxygen atoms in total. The summed E-state index contributed by atoms with van der Waals surface area (Å²) in [5, 5.41) is 0. The molecule has 0 aliphatic carbocycles. The van der Waals surface area contributed by atoms with Gasteiger partial charge in [0.2, 0.25) is 5.91 Å². The molecule has 18 heavy (non-hydrogen) atoms. The fraction of sp³-hybridized carbons (Fsp3) is 0.385. The summed E-state index contributed by atoms with van der Waals surface area (Å²) in [4.78, 5) is 25.1. The summed E-state index contributed by atoms with van der Waals surface area (Å²) in [7, 11) is 0. The number of anilines is 1. The van der Waals surface area contributed by atoms with Crippen LogP contribution in [0.2, 0.25) is 0 Å². The first-order chi connectivity index (χ1) is 8.50. The molecule has 1 saturated heterocycles. The lowest BCUT2D eigenvalue weighted by atomic mass is 10.1. The Hall–Kier alpha value is -2.04. The molecule has 2 amide bonds. The Labute approximate surface area is 106 Å². The molecule has 1 heterocycles. The standard InChI is InChI=1S/C13H17N3O2/c1-8-10(3-2-4-11(8)14)13(18)16-6-5-9(7-16)12(15)17/h2-4,9H,5-7,14H2,1H3,(H2,15,17). The minimum Gasteiger partial charge on any atom is -0.398 e. The maximum Gasteiger partial charge on any atom is 0.254 e. The molecule has 1 aromatic carbocycles. The fourth-order valence-corrected chi connectivity index (χ4v) is 2.23. The van der Waals surface area contributed by atoms with Crippen molar-refractivity contribution in [3.63, 3.8) is 0 Å². The number of amides is 2. The van der Waals surface area contributed by atoms with Crippen molar-refractivity contribution in [2.75, 3.05) is 18.8 Å². The van der Waals surface area contributed by atoms with Gasteiger partial charge >= 0.3 is 0 Å². The van der Waals surface area contributed by atoms with Gasteiger partial charge in [-0.05, 0) is 31.0 Å². The van der Waals surface area contributed by atoms with Crippen LogP contribution in [0.15, 0.2) is 18.2 Å². The average molecular weight is 247 g/mol. The summed E-state index contributed by atoms with van der Waals surface area (Å²) in [6.45, 7) is 2.80. The summed E-state index contributed by atoms with van der Waals surface area (Å²) in [6.07, 6.45) is 0.641. The van der Waals surface area contributed by atoms with Crippen LogP contribution >= 0.6 is 0 Å². The second-order valence-corrected chi connectivity index (χ2v) is 4.66. The highest BCUT2D eigenvalue weighted by Crippen LogP contribution is 2.22. The molecule has 1 aliphatic heterocycles. The van der Waals surface area contributed by atoms with Gasteiger partial charge in [-0.15, -0.1) is 0 Å². The number of rotatable bonds is 2. The van der Waals surface area contributed by atoms with Gasteiger partial charge in [-0.25, -0.2) is 0 Å². The number of likely N-dealkylation sites (tertiary alicyclic amines) is 1. The van der Waals surface area contributed by atoms with Crippen molar-refractivity contribution >= 4 is 17.5 Å². The van der Waals surface area contributed by atoms with Gasteiger partial charge in [0.05, 0.1) is 5.92 Å². The van der Waals surface area contributed by atoms with Gasteiger partial charge in [0.25, 0.3) is 5.91 Å². The molecule has 5 heteroatoms. The topological polar surface area (TPSA) is 89.4 Å². The lowest BCUT2D eigenvalue weighted by Crippen LogP contribution is -2.32. The number of carbonyl (C=O) groups excluding carboxylic acids is 2. The largest absolute Gasteiger partial charge is 0.398 e. The SMILES string of the molecule is Cc1c(N)cccc1C(=O)N1CCC(C(N)=O)C1. The highest BCUT2D eigenvalue weighted by molar-refractivity contribution is 5.97. The zero-order valence-corrected chi connectivity index (χ0v) is 10.3. The lowest BCUT2D eigenvalue weighted by Gasteiger charge is -2.17. The maximum atomic E-state index is 12.3. The monoisotopic (exact) mass is 247 g/mol. The van der Waals surface area contributed by atoms with Crippen molar-refractivity contribution in [3.05, 3.63) is 29.3 Å². The smallest absolute Gasteiger partial charge is 0.254 e. The molecule has 4 N–H and O–H groups in total. The zero-order chi connectivity index (χ0) is 13.3. The van der Waals surface area contributed by atoms with E-state index in [1.807, 2.05) is 6.92 Å². The summed E-state index contributed by atoms with van der Waals surface area (Å²) in [5.41, 5.74) is 13.0. The highest BCUT2D eigenvalue weighted by Gasteiger charge is 2.30. The van der Waals surface area contributed by atoms with Gasteiger partial charge in [0.1, 0.15) is 0 Å². The van der Waals surface area contributed by atoms with E-state index in [1.54, 1.807) is 23.1 Å². The Morgan fingerprint density at radius 1 is 1.39 bits per heavy atom. The van der Waals surface area contributed by atoms with E-state index in [-0.39, 0.29) is 17.7 Å². The van der Waals surface area contributed by atoms with Crippen LogP contribution in [0, 0.1) is 12.8 Å². The minimum absolute atomic E-state index is 0.0800. The molecular formula is C13H17N3O2. The van der Waals surface area contributed by atoms with Gasteiger partial charge in [-0.2, -0.15) is 0 Å². The van der Waals surface area contributed by atoms with Gasteiger partial charge in [-0.3, -0.25) is 9.59 Å². The first-order valence-corrected chi connectivity index (χ1v) is 5.94. The van der Waals surface area contributed by atoms with Crippen molar-refractivity contribution in [1.29, 1.82) is 0 Å². The van der Waals surface area contributed by atoms with E-state index >= 15 is 0 Å². The Morgan fingerprint density at radius 3 is 2.72 bits per heavy atom. The van der Waals surface area contributed by atoms with Gasteiger partial charge < -0.3 is 16.4 Å². The van der Waals surface area contributed by atoms with E-state index in [1.165, 1.54) is 0 Å². The van der Waals surface area contributed by atoms with Crippen LogP contribution in [0.3, 0.4) is 0 Å². The number of primary amides is 1. The molecule has 1 unspecified atom stereocenters. The van der Waals surface area contributed by atoms with Crippen molar-refractivity contribution in [2.45, 2.75) is 13.3 Å². The summed E-state index contributed by atoms with van der Waals surface area (Å²) in [6, 6.07) is 5.28. The van der Waals surface area contributed by atoms with Crippen LogP contribution in [0.1, 0.15) is 22.3 Å². The number of nitrogens with zero attached hydrogens (tertiary/aromatic N) is 1. The normalized spacial score (nSPS) is 18.9. The Morgan fingerprint density at radius 2 is 2.11 bits per heavy atom. The van der Waals surface area contributed by atoms with Crippen LogP contribution in [0.25, 0.3) is 0 Å². The average Bonchev–Trinajstić information content (AvgIpc) is 2.81. The number of hydrogen-bond donors (Lipinski definition) is 2. The van der Waals surface area contributed by atoms with E-state index in [9.17, 15) is 9.59 Å². The number of benzene rings is 1. The minimum atomic E-state index is -0.338. The third-order valence-electron chi connectivity index (χ3n) is 3.48. The van der Waals surface area contributed by atoms with Crippen LogP contribution in [-0.4, -0.2) is 29.8 Å². The Bertz CT molecular complexity index is 499. The van der Waals surface area contributed by atoms with Crippen LogP contribution in [0.5, 0.6) is 0 Å². The van der Waals surface area contributed by atoms with Gasteiger partial charge in [0, 0.05) is 24.3 Å². The zero-order valence-electron chi connectivity index (χ0n) is 10.3. The van der Waals surface area contributed by atoms with Gasteiger partial charge in [0.15, 0.2) is 0 Å². The quantitative estimate of drug-likeness (QED) is 0.747. The molecule has 0 aromatic heterocycles. The molecule has 1 atom stereocenters. The molecular weight excluding hydrogens is 230 g/mol. The van der Waals surface area contributed by atoms with Crippen LogP contribution < -0.4 is 11.5 Å². The van der Waals surface area contributed by atoms with E-state index in [2.05, 4.69) is 0 Å². The summed E-state index contributed by atoms with van der Waals surface area (Å²) in [5.74, 6) is -0.645. The van der Waals surface area contributed by atoms with Crippen molar-refractivity contribution in [3.8, 4) is 0 Å². The Kier molecular flexibility index (Phi) is 3.23. The number of hydrogen-bond acceptors (Lipinski definition) is 3. The molecule has 1 fully saturated rings. The van der Waals surface area contributed by atoms with Crippen molar-refractivity contribution < 1.29 is 9.59 Å². The third-order valence-corrected chi connectivity index (χ3v) is 3.48. The molecule has 0 spiro atoms. The predicted molar refractivity (Wildman–Crippen MR) is 68.8 cm³/mol. The van der Waals surface area contributed by atoms with E-state index in [4.69, 9.17) is 11.5 Å². The summed E-state index contributed by atoms with van der Waals surface area (Å²) >= 11 is 0. The molecule has 0 saturated carbocycles. The first-order valence-electron chi connectivity index (χ1n) is 5.94. The molecule has 96 valence electrons. The van der Waals surface area contributed by atoms with Crippen molar-refractivity contribution in [1.82, 2.24) is 4.90 Å². The number of nitrogens with two attached hydrogens (primary N) is 2. The Balaban J connectivity index is 2.18. The highest BCUT2D eigenvalue weighted by atomic mass is 16.2. The third kappa shape index (κ3) is 2.16. The summed E-state index contributed by atoms with van der Waals surface area (Å²) < 4.78 is 0. The second kappa shape index (κ2) is 4.68. The predicted octanol–water partition coefficient (Wildman–Crippen LogP) is 0.525.